The van der Waals surface area contributed by atoms with E-state index < -0.39 is 0 Å². The molecule has 2 aromatic carbocycles. The maximum atomic E-state index is 12.7. The molecule has 5 rings (SSSR count). The van der Waals surface area contributed by atoms with Crippen LogP contribution in [0.25, 0.3) is 10.8 Å². The predicted molar refractivity (Wildman–Crippen MR) is 129 cm³/mol. The molecule has 0 unspecified atom stereocenters. The number of amides is 1. The smallest absolute Gasteiger partial charge is 0.271 e. The molecule has 4 aromatic rings. The lowest BCUT2D eigenvalue weighted by atomic mass is 10.0. The SMILES string of the molecule is O=C(NC1CCN(Cc2ccccc2)CC1)c1csc(Nc2nccc3ccccc23)n1. The molecule has 1 amide bonds. The van der Waals surface area contributed by atoms with Crippen LogP contribution in [0.4, 0.5) is 10.9 Å². The van der Waals surface area contributed by atoms with Crippen molar-refractivity contribution in [3.63, 3.8) is 0 Å². The van der Waals surface area contributed by atoms with Gasteiger partial charge in [-0.05, 0) is 29.9 Å². The number of benzene rings is 2. The minimum atomic E-state index is -0.110. The molecule has 1 aliphatic heterocycles. The molecule has 0 bridgehead atoms. The summed E-state index contributed by atoms with van der Waals surface area (Å²) in [7, 11) is 0. The number of pyridine rings is 1. The van der Waals surface area contributed by atoms with Gasteiger partial charge in [-0.25, -0.2) is 9.97 Å². The molecule has 0 atom stereocenters. The molecule has 32 heavy (non-hydrogen) atoms. The van der Waals surface area contributed by atoms with E-state index in [9.17, 15) is 4.79 Å². The maximum absolute atomic E-state index is 12.7. The van der Waals surface area contributed by atoms with E-state index in [2.05, 4.69) is 49.8 Å². The van der Waals surface area contributed by atoms with Gasteiger partial charge in [0, 0.05) is 42.6 Å². The highest BCUT2D eigenvalue weighted by Crippen LogP contribution is 2.26. The average Bonchev–Trinajstić information content (AvgIpc) is 3.30. The number of carbonyl (C=O) groups is 1. The second kappa shape index (κ2) is 9.46. The molecular formula is C25H25N5OS. The number of piperidine rings is 1. The first kappa shape index (κ1) is 20.6. The van der Waals surface area contributed by atoms with Gasteiger partial charge in [-0.2, -0.15) is 0 Å². The molecule has 1 fully saturated rings. The summed E-state index contributed by atoms with van der Waals surface area (Å²) >= 11 is 1.41. The van der Waals surface area contributed by atoms with Crippen molar-refractivity contribution in [3.8, 4) is 0 Å². The quantitative estimate of drug-likeness (QED) is 0.447. The van der Waals surface area contributed by atoms with Crippen LogP contribution in [0.1, 0.15) is 28.9 Å². The number of thiazole rings is 1. The molecule has 6 nitrogen and oxygen atoms in total. The second-order valence-electron chi connectivity index (χ2n) is 8.05. The van der Waals surface area contributed by atoms with Crippen molar-refractivity contribution < 1.29 is 4.79 Å². The van der Waals surface area contributed by atoms with Crippen LogP contribution in [-0.2, 0) is 6.54 Å². The highest BCUT2D eigenvalue weighted by Gasteiger charge is 2.22. The fourth-order valence-electron chi connectivity index (χ4n) is 4.09. The number of likely N-dealkylation sites (tertiary alicyclic amines) is 1. The van der Waals surface area contributed by atoms with Crippen molar-refractivity contribution >= 4 is 39.0 Å². The van der Waals surface area contributed by atoms with Gasteiger partial charge in [0.25, 0.3) is 5.91 Å². The zero-order valence-electron chi connectivity index (χ0n) is 17.7. The number of nitrogens with one attached hydrogen (secondary N) is 2. The first-order valence-corrected chi connectivity index (χ1v) is 11.8. The highest BCUT2D eigenvalue weighted by molar-refractivity contribution is 7.14. The van der Waals surface area contributed by atoms with Crippen molar-refractivity contribution in [3.05, 3.63) is 83.5 Å². The largest absolute Gasteiger partial charge is 0.348 e. The number of fused-ring (bicyclic) bond motifs is 1. The molecule has 162 valence electrons. The molecule has 7 heteroatoms. The number of nitrogens with zero attached hydrogens (tertiary/aromatic N) is 3. The van der Waals surface area contributed by atoms with Crippen LogP contribution in [0, 0.1) is 0 Å². The monoisotopic (exact) mass is 443 g/mol. The molecule has 0 spiro atoms. The first-order chi connectivity index (χ1) is 15.7. The van der Waals surface area contributed by atoms with Crippen LogP contribution in [0.2, 0.25) is 0 Å². The minimum absolute atomic E-state index is 0.110. The zero-order valence-corrected chi connectivity index (χ0v) is 18.5. The van der Waals surface area contributed by atoms with Crippen LogP contribution in [0.3, 0.4) is 0 Å². The van der Waals surface area contributed by atoms with E-state index >= 15 is 0 Å². The van der Waals surface area contributed by atoms with E-state index in [1.54, 1.807) is 11.6 Å². The van der Waals surface area contributed by atoms with Crippen LogP contribution in [-0.4, -0.2) is 39.9 Å². The van der Waals surface area contributed by atoms with Gasteiger partial charge in [-0.3, -0.25) is 9.69 Å². The molecule has 1 saturated heterocycles. The third kappa shape index (κ3) is 4.79. The summed E-state index contributed by atoms with van der Waals surface area (Å²) in [5, 5.41) is 11.0. The third-order valence-electron chi connectivity index (χ3n) is 5.81. The number of hydrogen-bond acceptors (Lipinski definition) is 6. The van der Waals surface area contributed by atoms with Gasteiger partial charge in [-0.1, -0.05) is 54.6 Å². The Morgan fingerprint density at radius 3 is 2.66 bits per heavy atom. The Balaban J connectivity index is 1.16. The number of carbonyl (C=O) groups excluding carboxylic acids is 1. The average molecular weight is 444 g/mol. The molecule has 0 saturated carbocycles. The first-order valence-electron chi connectivity index (χ1n) is 10.9. The van der Waals surface area contributed by atoms with Crippen LogP contribution >= 0.6 is 11.3 Å². The Morgan fingerprint density at radius 2 is 1.81 bits per heavy atom. The van der Waals surface area contributed by atoms with Crippen molar-refractivity contribution in [1.29, 1.82) is 0 Å². The maximum Gasteiger partial charge on any atom is 0.271 e. The molecule has 2 N–H and O–H groups in total. The van der Waals surface area contributed by atoms with E-state index in [-0.39, 0.29) is 11.9 Å². The van der Waals surface area contributed by atoms with Gasteiger partial charge in [0.1, 0.15) is 11.5 Å². The van der Waals surface area contributed by atoms with Gasteiger partial charge < -0.3 is 10.6 Å². The molecule has 2 aromatic heterocycles. The Hall–Kier alpha value is -3.29. The van der Waals surface area contributed by atoms with Gasteiger partial charge in [0.05, 0.1) is 0 Å². The topological polar surface area (TPSA) is 70.2 Å². The third-order valence-corrected chi connectivity index (χ3v) is 6.57. The number of rotatable bonds is 6. The van der Waals surface area contributed by atoms with Crippen LogP contribution < -0.4 is 10.6 Å². The standard InChI is InChI=1S/C25H25N5OS/c31-24(27-20-11-14-30(15-12-20)16-18-6-2-1-3-7-18)22-17-32-25(28-22)29-23-21-9-5-4-8-19(21)10-13-26-23/h1-10,13,17,20H,11-12,14-16H2,(H,27,31)(H,26,28,29). The molecular weight excluding hydrogens is 418 g/mol. The Kier molecular flexibility index (Phi) is 6.09. The second-order valence-corrected chi connectivity index (χ2v) is 8.91. The zero-order chi connectivity index (χ0) is 21.8. The van der Waals surface area contributed by atoms with Gasteiger partial charge in [0.2, 0.25) is 0 Å². The molecule has 3 heterocycles. The van der Waals surface area contributed by atoms with E-state index in [1.807, 2.05) is 36.4 Å². The Labute approximate surface area is 191 Å². The minimum Gasteiger partial charge on any atom is -0.348 e. The summed E-state index contributed by atoms with van der Waals surface area (Å²) in [5.74, 6) is 0.636. The van der Waals surface area contributed by atoms with E-state index in [4.69, 9.17) is 0 Å². The van der Waals surface area contributed by atoms with Crippen LogP contribution in [0.15, 0.2) is 72.2 Å². The van der Waals surface area contributed by atoms with Crippen molar-refractivity contribution in [2.45, 2.75) is 25.4 Å². The predicted octanol–water partition coefficient (Wildman–Crippen LogP) is 4.83. The lowest BCUT2D eigenvalue weighted by molar-refractivity contribution is 0.0904. The summed E-state index contributed by atoms with van der Waals surface area (Å²) in [6.07, 6.45) is 3.68. The van der Waals surface area contributed by atoms with Crippen molar-refractivity contribution in [1.82, 2.24) is 20.2 Å². The lowest BCUT2D eigenvalue weighted by Crippen LogP contribution is -2.44. The summed E-state index contributed by atoms with van der Waals surface area (Å²) < 4.78 is 0. The normalized spacial score (nSPS) is 15.0. The molecule has 1 aliphatic rings. The van der Waals surface area contributed by atoms with E-state index in [1.165, 1.54) is 16.9 Å². The number of aromatic nitrogens is 2. The van der Waals surface area contributed by atoms with Crippen molar-refractivity contribution in [2.75, 3.05) is 18.4 Å². The van der Waals surface area contributed by atoms with E-state index in [0.29, 0.717) is 10.8 Å². The fraction of sp³-hybridized carbons (Fsp3) is 0.240. The Morgan fingerprint density at radius 1 is 1.03 bits per heavy atom. The van der Waals surface area contributed by atoms with Gasteiger partial charge in [-0.15, -0.1) is 11.3 Å². The lowest BCUT2D eigenvalue weighted by Gasteiger charge is -2.32. The molecule has 0 aliphatic carbocycles. The number of anilines is 2. The Bertz CT molecular complexity index is 1200. The summed E-state index contributed by atoms with van der Waals surface area (Å²) in [6, 6.07) is 20.8. The summed E-state index contributed by atoms with van der Waals surface area (Å²) in [4.78, 5) is 24.1. The number of hydrogen-bond donors (Lipinski definition) is 2. The van der Waals surface area contributed by atoms with E-state index in [0.717, 1.165) is 49.1 Å². The fourth-order valence-corrected chi connectivity index (χ4v) is 4.78. The summed E-state index contributed by atoms with van der Waals surface area (Å²) in [5.41, 5.74) is 1.78. The van der Waals surface area contributed by atoms with Gasteiger partial charge in [0.15, 0.2) is 5.13 Å². The summed E-state index contributed by atoms with van der Waals surface area (Å²) in [6.45, 7) is 2.93. The van der Waals surface area contributed by atoms with Crippen molar-refractivity contribution in [2.24, 2.45) is 0 Å². The van der Waals surface area contributed by atoms with Gasteiger partial charge >= 0.3 is 0 Å². The molecule has 0 radical (unpaired) electrons. The highest BCUT2D eigenvalue weighted by atomic mass is 32.1. The van der Waals surface area contributed by atoms with Crippen LogP contribution in [0.5, 0.6) is 0 Å².